The largest absolute Gasteiger partial charge is 0.416 e. The SMILES string of the molecule is O=C(CSc1nnnn1-c1ccccc1)N/N=C\c1ccc(C(F)(F)F)cc1. The topological polar surface area (TPSA) is 85.1 Å². The quantitative estimate of drug-likeness (QED) is 0.387. The van der Waals surface area contributed by atoms with Crippen molar-refractivity contribution in [2.45, 2.75) is 11.3 Å². The zero-order valence-corrected chi connectivity index (χ0v) is 15.0. The van der Waals surface area contributed by atoms with Gasteiger partial charge in [-0.1, -0.05) is 42.1 Å². The Bertz CT molecular complexity index is 957. The van der Waals surface area contributed by atoms with E-state index >= 15 is 0 Å². The molecule has 1 N–H and O–H groups in total. The van der Waals surface area contributed by atoms with E-state index in [9.17, 15) is 18.0 Å². The number of amides is 1. The molecule has 0 fully saturated rings. The highest BCUT2D eigenvalue weighted by Crippen LogP contribution is 2.28. The van der Waals surface area contributed by atoms with Gasteiger partial charge in [0, 0.05) is 0 Å². The van der Waals surface area contributed by atoms with Crippen molar-refractivity contribution < 1.29 is 18.0 Å². The van der Waals surface area contributed by atoms with Gasteiger partial charge in [-0.3, -0.25) is 4.79 Å². The van der Waals surface area contributed by atoms with E-state index in [0.29, 0.717) is 10.7 Å². The molecule has 0 aliphatic carbocycles. The summed E-state index contributed by atoms with van der Waals surface area (Å²) in [7, 11) is 0. The highest BCUT2D eigenvalue weighted by molar-refractivity contribution is 7.99. The van der Waals surface area contributed by atoms with Crippen molar-refractivity contribution in [2.75, 3.05) is 5.75 Å². The van der Waals surface area contributed by atoms with Gasteiger partial charge in [0.25, 0.3) is 5.91 Å². The van der Waals surface area contributed by atoms with Gasteiger partial charge in [-0.05, 0) is 40.3 Å². The molecular weight excluding hydrogens is 393 g/mol. The first-order valence-electron chi connectivity index (χ1n) is 7.89. The van der Waals surface area contributed by atoms with E-state index in [1.807, 2.05) is 30.3 Å². The number of hydrazone groups is 1. The van der Waals surface area contributed by atoms with Crippen LogP contribution in [0.2, 0.25) is 0 Å². The highest BCUT2D eigenvalue weighted by Gasteiger charge is 2.29. The van der Waals surface area contributed by atoms with Crippen molar-refractivity contribution in [2.24, 2.45) is 5.10 Å². The number of hydrogen-bond acceptors (Lipinski definition) is 6. The van der Waals surface area contributed by atoms with Crippen molar-refractivity contribution in [1.29, 1.82) is 0 Å². The van der Waals surface area contributed by atoms with Gasteiger partial charge >= 0.3 is 6.18 Å². The van der Waals surface area contributed by atoms with Crippen LogP contribution >= 0.6 is 11.8 Å². The zero-order chi connectivity index (χ0) is 20.0. The van der Waals surface area contributed by atoms with Crippen LogP contribution in [-0.4, -0.2) is 38.1 Å². The number of aromatic nitrogens is 4. The van der Waals surface area contributed by atoms with E-state index in [0.717, 1.165) is 29.6 Å². The van der Waals surface area contributed by atoms with E-state index in [4.69, 9.17) is 0 Å². The molecule has 3 rings (SSSR count). The second-order valence-corrected chi connectivity index (χ2v) is 6.35. The molecule has 0 saturated carbocycles. The monoisotopic (exact) mass is 406 g/mol. The molecule has 11 heteroatoms. The van der Waals surface area contributed by atoms with Crippen LogP contribution in [0.3, 0.4) is 0 Å². The van der Waals surface area contributed by atoms with Crippen molar-refractivity contribution in [1.82, 2.24) is 25.6 Å². The lowest BCUT2D eigenvalue weighted by atomic mass is 10.1. The number of benzene rings is 2. The fraction of sp³-hybridized carbons (Fsp3) is 0.118. The number of carbonyl (C=O) groups is 1. The van der Waals surface area contributed by atoms with Crippen LogP contribution in [-0.2, 0) is 11.0 Å². The molecule has 0 unspecified atom stereocenters. The second kappa shape index (κ2) is 8.65. The van der Waals surface area contributed by atoms with Gasteiger partial charge in [0.1, 0.15) is 0 Å². The normalized spacial score (nSPS) is 11.7. The van der Waals surface area contributed by atoms with Crippen LogP contribution in [0.25, 0.3) is 5.69 Å². The number of nitrogens with zero attached hydrogens (tertiary/aromatic N) is 5. The van der Waals surface area contributed by atoms with Gasteiger partial charge in [0.15, 0.2) is 0 Å². The Hall–Kier alpha value is -3.21. The van der Waals surface area contributed by atoms with E-state index in [-0.39, 0.29) is 5.75 Å². The van der Waals surface area contributed by atoms with Gasteiger partial charge in [-0.25, -0.2) is 5.43 Å². The molecule has 3 aromatic rings. The smallest absolute Gasteiger partial charge is 0.272 e. The molecule has 0 spiro atoms. The van der Waals surface area contributed by atoms with Crippen molar-refractivity contribution in [3.05, 3.63) is 65.7 Å². The third kappa shape index (κ3) is 5.16. The first-order valence-corrected chi connectivity index (χ1v) is 8.88. The number of nitrogens with one attached hydrogen (secondary N) is 1. The minimum absolute atomic E-state index is 0.0115. The maximum Gasteiger partial charge on any atom is 0.416 e. The number of thioether (sulfide) groups is 1. The Kier molecular flexibility index (Phi) is 6.04. The van der Waals surface area contributed by atoms with E-state index < -0.39 is 17.6 Å². The Morgan fingerprint density at radius 2 is 1.86 bits per heavy atom. The molecule has 144 valence electrons. The highest BCUT2D eigenvalue weighted by atomic mass is 32.2. The summed E-state index contributed by atoms with van der Waals surface area (Å²) in [6.45, 7) is 0. The molecule has 0 radical (unpaired) electrons. The summed E-state index contributed by atoms with van der Waals surface area (Å²) < 4.78 is 39.0. The number of carbonyl (C=O) groups excluding carboxylic acids is 1. The van der Waals surface area contributed by atoms with E-state index in [2.05, 4.69) is 26.1 Å². The minimum atomic E-state index is -4.39. The predicted molar refractivity (Wildman–Crippen MR) is 97.1 cm³/mol. The van der Waals surface area contributed by atoms with Crippen LogP contribution < -0.4 is 5.43 Å². The summed E-state index contributed by atoms with van der Waals surface area (Å²) >= 11 is 1.12. The Labute approximate surface area is 161 Å². The molecule has 28 heavy (non-hydrogen) atoms. The molecular formula is C17H13F3N6OS. The Morgan fingerprint density at radius 1 is 1.14 bits per heavy atom. The molecule has 0 atom stereocenters. The van der Waals surface area contributed by atoms with Crippen molar-refractivity contribution in [3.63, 3.8) is 0 Å². The second-order valence-electron chi connectivity index (χ2n) is 5.41. The van der Waals surface area contributed by atoms with Gasteiger partial charge in [-0.15, -0.1) is 5.10 Å². The van der Waals surface area contributed by atoms with E-state index in [1.54, 1.807) is 0 Å². The maximum absolute atomic E-state index is 12.5. The summed E-state index contributed by atoms with van der Waals surface area (Å²) in [5.41, 5.74) is 2.74. The molecule has 0 aliphatic rings. The molecule has 0 aliphatic heterocycles. The van der Waals surface area contributed by atoms with E-state index in [1.165, 1.54) is 23.0 Å². The molecule has 7 nitrogen and oxygen atoms in total. The first kappa shape index (κ1) is 19.5. The number of hydrogen-bond donors (Lipinski definition) is 1. The van der Waals surface area contributed by atoms with Crippen LogP contribution in [0.1, 0.15) is 11.1 Å². The average Bonchev–Trinajstić information content (AvgIpc) is 3.15. The van der Waals surface area contributed by atoms with Crippen LogP contribution in [0.5, 0.6) is 0 Å². The Morgan fingerprint density at radius 3 is 2.54 bits per heavy atom. The molecule has 1 heterocycles. The molecule has 2 aromatic carbocycles. The average molecular weight is 406 g/mol. The van der Waals surface area contributed by atoms with Gasteiger partial charge in [-0.2, -0.15) is 23.0 Å². The number of para-hydroxylation sites is 1. The lowest BCUT2D eigenvalue weighted by Crippen LogP contribution is -2.20. The molecule has 1 amide bonds. The summed E-state index contributed by atoms with van der Waals surface area (Å²) in [6, 6.07) is 13.6. The third-order valence-electron chi connectivity index (χ3n) is 3.41. The Balaban J connectivity index is 1.52. The maximum atomic E-state index is 12.5. The fourth-order valence-corrected chi connectivity index (χ4v) is 2.78. The fourth-order valence-electron chi connectivity index (χ4n) is 2.10. The lowest BCUT2D eigenvalue weighted by Gasteiger charge is -2.05. The van der Waals surface area contributed by atoms with Crippen LogP contribution in [0, 0.1) is 0 Å². The standard InChI is InChI=1S/C17H13F3N6OS/c18-17(19,20)13-8-6-12(7-9-13)10-21-22-15(27)11-28-16-23-24-25-26(16)14-4-2-1-3-5-14/h1-10H,11H2,(H,22,27)/b21-10-. The summed E-state index contributed by atoms with van der Waals surface area (Å²) in [5.74, 6) is -0.395. The van der Waals surface area contributed by atoms with Crippen molar-refractivity contribution >= 4 is 23.9 Å². The number of tetrazole rings is 1. The first-order chi connectivity index (χ1) is 13.4. The zero-order valence-electron chi connectivity index (χ0n) is 14.2. The lowest BCUT2D eigenvalue weighted by molar-refractivity contribution is -0.137. The van der Waals surface area contributed by atoms with Gasteiger partial charge in [0.2, 0.25) is 5.16 Å². The number of alkyl halides is 3. The van der Waals surface area contributed by atoms with Crippen LogP contribution in [0.15, 0.2) is 64.9 Å². The van der Waals surface area contributed by atoms with Gasteiger partial charge in [0.05, 0.1) is 23.2 Å². The molecule has 0 saturated heterocycles. The number of halogens is 3. The van der Waals surface area contributed by atoms with Crippen molar-refractivity contribution in [3.8, 4) is 5.69 Å². The molecule has 0 bridgehead atoms. The molecule has 1 aromatic heterocycles. The predicted octanol–water partition coefficient (Wildman–Crippen LogP) is 2.92. The van der Waals surface area contributed by atoms with Crippen LogP contribution in [0.4, 0.5) is 13.2 Å². The minimum Gasteiger partial charge on any atom is -0.272 e. The summed E-state index contributed by atoms with van der Waals surface area (Å²) in [6.07, 6.45) is -3.13. The summed E-state index contributed by atoms with van der Waals surface area (Å²) in [4.78, 5) is 11.9. The summed E-state index contributed by atoms with van der Waals surface area (Å²) in [5, 5.41) is 15.5. The number of rotatable bonds is 6. The van der Waals surface area contributed by atoms with Gasteiger partial charge < -0.3 is 0 Å². The third-order valence-corrected chi connectivity index (χ3v) is 4.33.